The van der Waals surface area contributed by atoms with Gasteiger partial charge in [-0.1, -0.05) is 86.6 Å². The number of carboxylic acids is 3. The van der Waals surface area contributed by atoms with E-state index in [0.717, 1.165) is 0 Å². The van der Waals surface area contributed by atoms with Gasteiger partial charge >= 0.3 is 23.9 Å². The lowest BCUT2D eigenvalue weighted by Gasteiger charge is -2.49. The zero-order valence-electron chi connectivity index (χ0n) is 30.4. The highest BCUT2D eigenvalue weighted by molar-refractivity contribution is 5.94. The Bertz CT molecular complexity index is 1310. The third-order valence-electron chi connectivity index (χ3n) is 8.78. The van der Waals surface area contributed by atoms with E-state index in [-0.39, 0.29) is 45.1 Å². The summed E-state index contributed by atoms with van der Waals surface area (Å²) in [5.74, 6) is -4.10. The number of methoxy groups -OCH3 is 1. The van der Waals surface area contributed by atoms with Crippen LogP contribution in [-0.4, -0.2) is 129 Å². The highest BCUT2D eigenvalue weighted by atomic mass is 16.5. The molecule has 1 saturated heterocycles. The normalized spacial score (nSPS) is 19.5. The summed E-state index contributed by atoms with van der Waals surface area (Å²) in [5, 5.41) is 34.8. The number of carboxylic acid groups (broad SMARTS) is 3. The number of carbonyl (C=O) groups is 5. The number of hydrazine groups is 1. The molecule has 1 fully saturated rings. The summed E-state index contributed by atoms with van der Waals surface area (Å²) in [4.78, 5) is 68.0. The van der Waals surface area contributed by atoms with Gasteiger partial charge < -0.3 is 20.1 Å². The van der Waals surface area contributed by atoms with Crippen LogP contribution in [0.1, 0.15) is 91.2 Å². The maximum Gasteiger partial charge on any atom is 0.329 e. The van der Waals surface area contributed by atoms with E-state index in [4.69, 9.17) is 4.74 Å². The highest BCUT2D eigenvalue weighted by Gasteiger charge is 2.46. The molecule has 0 radical (unpaired) electrons. The van der Waals surface area contributed by atoms with E-state index in [9.17, 15) is 39.3 Å². The van der Waals surface area contributed by atoms with Gasteiger partial charge in [-0.3, -0.25) is 29.0 Å². The third-order valence-corrected chi connectivity index (χ3v) is 8.78. The minimum Gasteiger partial charge on any atom is -0.480 e. The van der Waals surface area contributed by atoms with Gasteiger partial charge in [-0.25, -0.2) is 14.8 Å². The first-order chi connectivity index (χ1) is 21.9. The molecule has 0 spiro atoms. The maximum absolute atomic E-state index is 13.7. The molecule has 2 rings (SSSR count). The lowest BCUT2D eigenvalue weighted by Crippen LogP contribution is -2.64. The van der Waals surface area contributed by atoms with E-state index in [1.807, 2.05) is 41.5 Å². The molecular weight excluding hydrogens is 620 g/mol. The Balaban J connectivity index is 2.96. The number of rotatable bonds is 10. The number of hydrogen-bond acceptors (Lipinski definition) is 10. The summed E-state index contributed by atoms with van der Waals surface area (Å²) in [5.41, 5.74) is -1.47. The van der Waals surface area contributed by atoms with Gasteiger partial charge in [0, 0.05) is 44.8 Å². The summed E-state index contributed by atoms with van der Waals surface area (Å²) in [6, 6.07) is 2.09. The second-order valence-electron chi connectivity index (χ2n) is 15.8. The summed E-state index contributed by atoms with van der Waals surface area (Å²) >= 11 is 0. The molecule has 13 heteroatoms. The van der Waals surface area contributed by atoms with Crippen LogP contribution in [-0.2, 0) is 23.9 Å². The second kappa shape index (κ2) is 15.9. The number of esters is 1. The molecule has 48 heavy (non-hydrogen) atoms. The largest absolute Gasteiger partial charge is 0.480 e. The van der Waals surface area contributed by atoms with Crippen molar-refractivity contribution in [2.24, 2.45) is 16.2 Å². The Morgan fingerprint density at radius 3 is 1.27 bits per heavy atom. The lowest BCUT2D eigenvalue weighted by atomic mass is 9.84. The molecule has 1 aliphatic heterocycles. The number of ketones is 1. The molecule has 1 aromatic carbocycles. The number of hydrogen-bond donors (Lipinski definition) is 3. The maximum atomic E-state index is 13.7. The first-order valence-electron chi connectivity index (χ1n) is 16.3. The molecule has 0 saturated carbocycles. The number of ether oxygens (including phenoxy) is 1. The average Bonchev–Trinajstić information content (AvgIpc) is 2.92. The van der Waals surface area contributed by atoms with Gasteiger partial charge in [0.1, 0.15) is 24.2 Å². The predicted molar refractivity (Wildman–Crippen MR) is 180 cm³/mol. The molecule has 1 aliphatic rings. The second-order valence-corrected chi connectivity index (χ2v) is 15.8. The fraction of sp³-hybridized carbons (Fsp3) is 0.686. The monoisotopic (exact) mass is 676 g/mol. The molecule has 4 atom stereocenters. The summed E-state index contributed by atoms with van der Waals surface area (Å²) in [6.45, 7) is 18.3. The Kier molecular flexibility index (Phi) is 13.5. The van der Waals surface area contributed by atoms with Crippen LogP contribution in [0.25, 0.3) is 0 Å². The fourth-order valence-electron chi connectivity index (χ4n) is 6.81. The van der Waals surface area contributed by atoms with Gasteiger partial charge in [0.25, 0.3) is 0 Å². The molecule has 0 aromatic heterocycles. The third kappa shape index (κ3) is 10.1. The zero-order chi connectivity index (χ0) is 36.9. The Morgan fingerprint density at radius 2 is 0.958 bits per heavy atom. The van der Waals surface area contributed by atoms with Gasteiger partial charge in [-0.2, -0.15) is 0 Å². The number of Topliss-reactive ketones (excluding diaryl/α,β-unsaturated/α-hetero) is 1. The summed E-state index contributed by atoms with van der Waals surface area (Å²) in [6.07, 6.45) is 0. The van der Waals surface area contributed by atoms with Crippen LogP contribution in [0.5, 0.6) is 0 Å². The topological polar surface area (TPSA) is 168 Å². The molecule has 0 bridgehead atoms. The van der Waals surface area contributed by atoms with Crippen LogP contribution in [0.2, 0.25) is 0 Å². The SMILES string of the molecule is COC(=O)C(c1ccc(C(C)=O)cc1)N1CCN(C(C(=O)O)C(C)(C)C)CCN(C(C(=O)O)C(C)(C)C)CCN1C(C(=O)O)C(C)(C)C. The minimum atomic E-state index is -1.19. The molecule has 1 aromatic rings. The standard InChI is InChI=1S/C35H56N4O9/c1-22(40)23-12-14-24(15-13-23)25(32(47)48-11)38-20-18-36(26(29(41)42)33(2,3)4)16-17-37(27(30(43)44)34(5,6)7)19-21-39(38)28(31(45)46)35(8,9)10/h12-15,25-28H,16-21H2,1-11H3,(H,41,42)(H,43,44)(H,45,46). The van der Waals surface area contributed by atoms with Crippen LogP contribution in [0.4, 0.5) is 0 Å². The highest BCUT2D eigenvalue weighted by Crippen LogP contribution is 2.34. The number of nitrogens with zero attached hydrogens (tertiary/aromatic N) is 4. The van der Waals surface area contributed by atoms with Crippen LogP contribution in [0, 0.1) is 16.2 Å². The Morgan fingerprint density at radius 1 is 0.604 bits per heavy atom. The van der Waals surface area contributed by atoms with Crippen molar-refractivity contribution >= 4 is 29.7 Å². The van der Waals surface area contributed by atoms with Gasteiger partial charge in [-0.15, -0.1) is 0 Å². The molecule has 270 valence electrons. The molecular formula is C35H56N4O9. The first kappa shape index (κ1) is 40.8. The predicted octanol–water partition coefficient (Wildman–Crippen LogP) is 3.74. The Hall–Kier alpha value is -3.39. The quantitative estimate of drug-likeness (QED) is 0.242. The molecule has 3 N–H and O–H groups in total. The van der Waals surface area contributed by atoms with Gasteiger partial charge in [0.15, 0.2) is 5.78 Å². The van der Waals surface area contributed by atoms with Crippen molar-refractivity contribution in [1.29, 1.82) is 0 Å². The van der Waals surface area contributed by atoms with Crippen molar-refractivity contribution in [1.82, 2.24) is 19.8 Å². The average molecular weight is 677 g/mol. The van der Waals surface area contributed by atoms with E-state index in [2.05, 4.69) is 0 Å². The fourth-order valence-corrected chi connectivity index (χ4v) is 6.81. The minimum absolute atomic E-state index is 0.0365. The molecule has 0 aliphatic carbocycles. The van der Waals surface area contributed by atoms with Crippen molar-refractivity contribution in [3.8, 4) is 0 Å². The van der Waals surface area contributed by atoms with Crippen LogP contribution in [0.3, 0.4) is 0 Å². The first-order valence-corrected chi connectivity index (χ1v) is 16.3. The van der Waals surface area contributed by atoms with Crippen LogP contribution in [0.15, 0.2) is 24.3 Å². The van der Waals surface area contributed by atoms with E-state index in [1.54, 1.807) is 64.9 Å². The van der Waals surface area contributed by atoms with Crippen molar-refractivity contribution < 1.29 is 44.0 Å². The molecule has 1 heterocycles. The Labute approximate surface area is 284 Å². The zero-order valence-corrected chi connectivity index (χ0v) is 30.4. The van der Waals surface area contributed by atoms with Crippen LogP contribution < -0.4 is 0 Å². The van der Waals surface area contributed by atoms with Crippen molar-refractivity contribution in [3.05, 3.63) is 35.4 Å². The van der Waals surface area contributed by atoms with E-state index in [0.29, 0.717) is 11.1 Å². The number of aliphatic carboxylic acids is 3. The summed E-state index contributed by atoms with van der Waals surface area (Å²) in [7, 11) is 1.23. The van der Waals surface area contributed by atoms with Gasteiger partial charge in [0.05, 0.1) is 7.11 Å². The summed E-state index contributed by atoms with van der Waals surface area (Å²) < 4.78 is 5.28. The smallest absolute Gasteiger partial charge is 0.329 e. The number of carbonyl (C=O) groups excluding carboxylic acids is 2. The number of benzene rings is 1. The van der Waals surface area contributed by atoms with Crippen molar-refractivity contribution in [3.63, 3.8) is 0 Å². The van der Waals surface area contributed by atoms with Crippen molar-refractivity contribution in [2.45, 2.75) is 93.4 Å². The van der Waals surface area contributed by atoms with E-state index < -0.39 is 64.3 Å². The van der Waals surface area contributed by atoms with Gasteiger partial charge in [0.2, 0.25) is 0 Å². The lowest BCUT2D eigenvalue weighted by molar-refractivity contribution is -0.184. The molecule has 13 nitrogen and oxygen atoms in total. The molecule has 0 amide bonds. The van der Waals surface area contributed by atoms with Gasteiger partial charge in [-0.05, 0) is 28.7 Å². The van der Waals surface area contributed by atoms with Crippen molar-refractivity contribution in [2.75, 3.05) is 46.4 Å². The van der Waals surface area contributed by atoms with E-state index in [1.165, 1.54) is 14.0 Å². The van der Waals surface area contributed by atoms with E-state index >= 15 is 0 Å². The van der Waals surface area contributed by atoms with Crippen LogP contribution >= 0.6 is 0 Å². The molecule has 4 unspecified atom stereocenters.